The molecule has 126 valence electrons. The molecule has 1 aliphatic rings. The van der Waals surface area contributed by atoms with Crippen LogP contribution in [-0.4, -0.2) is 22.9 Å². The number of aromatic nitrogens is 2. The van der Waals surface area contributed by atoms with Gasteiger partial charge in [0.05, 0.1) is 5.75 Å². The van der Waals surface area contributed by atoms with Gasteiger partial charge in [0.25, 0.3) is 5.91 Å². The quantitative estimate of drug-likeness (QED) is 0.702. The summed E-state index contributed by atoms with van der Waals surface area (Å²) in [6.07, 6.45) is 0. The van der Waals surface area contributed by atoms with Crippen LogP contribution in [-0.2, 0) is 5.75 Å². The Labute approximate surface area is 147 Å². The molecule has 0 unspecified atom stereocenters. The van der Waals surface area contributed by atoms with Crippen LogP contribution in [0.1, 0.15) is 16.2 Å². The Bertz CT molecular complexity index is 898. The molecule has 8 heteroatoms. The molecule has 0 atom stereocenters. The molecule has 25 heavy (non-hydrogen) atoms. The minimum atomic E-state index is -0.357. The predicted molar refractivity (Wildman–Crippen MR) is 90.8 cm³/mol. The van der Waals surface area contributed by atoms with E-state index in [1.54, 1.807) is 30.0 Å². The lowest BCUT2D eigenvalue weighted by molar-refractivity contribution is 0.102. The Balaban J connectivity index is 1.38. The van der Waals surface area contributed by atoms with Gasteiger partial charge >= 0.3 is 6.01 Å². The summed E-state index contributed by atoms with van der Waals surface area (Å²) >= 11 is 1.58. The van der Waals surface area contributed by atoms with E-state index in [0.29, 0.717) is 28.7 Å². The second-order valence-electron chi connectivity index (χ2n) is 5.12. The minimum Gasteiger partial charge on any atom is -0.454 e. The first-order valence-corrected chi connectivity index (χ1v) is 8.48. The zero-order chi connectivity index (χ0) is 17.1. The molecule has 2 heterocycles. The summed E-state index contributed by atoms with van der Waals surface area (Å²) in [6.45, 7) is 0.159. The highest BCUT2D eigenvalue weighted by molar-refractivity contribution is 7.98. The van der Waals surface area contributed by atoms with E-state index in [1.165, 1.54) is 0 Å². The third-order valence-corrected chi connectivity index (χ3v) is 4.42. The van der Waals surface area contributed by atoms with Crippen LogP contribution in [0.4, 0.5) is 6.01 Å². The van der Waals surface area contributed by atoms with Crippen molar-refractivity contribution in [3.8, 4) is 11.5 Å². The van der Waals surface area contributed by atoms with E-state index in [1.807, 2.05) is 30.3 Å². The van der Waals surface area contributed by atoms with E-state index in [4.69, 9.17) is 13.9 Å². The monoisotopic (exact) mass is 355 g/mol. The van der Waals surface area contributed by atoms with Crippen molar-refractivity contribution in [3.05, 3.63) is 60.0 Å². The van der Waals surface area contributed by atoms with Crippen LogP contribution in [0.5, 0.6) is 11.5 Å². The number of nitrogens with zero attached hydrogens (tertiary/aromatic N) is 2. The zero-order valence-electron chi connectivity index (χ0n) is 13.0. The van der Waals surface area contributed by atoms with Gasteiger partial charge in [0, 0.05) is 10.5 Å². The van der Waals surface area contributed by atoms with Gasteiger partial charge in [0.15, 0.2) is 11.5 Å². The van der Waals surface area contributed by atoms with Gasteiger partial charge < -0.3 is 13.9 Å². The highest BCUT2D eigenvalue weighted by Gasteiger charge is 2.17. The first-order chi connectivity index (χ1) is 12.3. The van der Waals surface area contributed by atoms with Crippen LogP contribution in [0.3, 0.4) is 0 Å². The van der Waals surface area contributed by atoms with Gasteiger partial charge in [0.1, 0.15) is 0 Å². The van der Waals surface area contributed by atoms with Crippen LogP contribution in [0, 0.1) is 0 Å². The zero-order valence-corrected chi connectivity index (χ0v) is 13.8. The number of carbonyl (C=O) groups excluding carboxylic acids is 1. The molecule has 1 N–H and O–H groups in total. The maximum atomic E-state index is 12.3. The Morgan fingerprint density at radius 3 is 2.80 bits per heavy atom. The van der Waals surface area contributed by atoms with Crippen molar-refractivity contribution in [3.63, 3.8) is 0 Å². The van der Waals surface area contributed by atoms with Gasteiger partial charge in [-0.25, -0.2) is 0 Å². The van der Waals surface area contributed by atoms with Gasteiger partial charge in [0.2, 0.25) is 12.7 Å². The van der Waals surface area contributed by atoms with Crippen molar-refractivity contribution in [1.29, 1.82) is 0 Å². The van der Waals surface area contributed by atoms with Crippen molar-refractivity contribution >= 4 is 23.7 Å². The van der Waals surface area contributed by atoms with E-state index in [2.05, 4.69) is 15.5 Å². The molecule has 0 fully saturated rings. The van der Waals surface area contributed by atoms with Crippen LogP contribution < -0.4 is 14.8 Å². The number of hydrogen-bond acceptors (Lipinski definition) is 7. The molecular weight excluding hydrogens is 342 g/mol. The number of rotatable bonds is 5. The fourth-order valence-electron chi connectivity index (χ4n) is 2.23. The largest absolute Gasteiger partial charge is 0.454 e. The van der Waals surface area contributed by atoms with E-state index in [-0.39, 0.29) is 18.7 Å². The van der Waals surface area contributed by atoms with Crippen molar-refractivity contribution in [2.24, 2.45) is 0 Å². The van der Waals surface area contributed by atoms with Gasteiger partial charge in [-0.3, -0.25) is 10.1 Å². The van der Waals surface area contributed by atoms with Gasteiger partial charge in [-0.2, -0.15) is 0 Å². The minimum absolute atomic E-state index is 0.0614. The lowest BCUT2D eigenvalue weighted by Crippen LogP contribution is -2.12. The average molecular weight is 355 g/mol. The van der Waals surface area contributed by atoms with Crippen molar-refractivity contribution in [2.75, 3.05) is 12.1 Å². The molecule has 3 aromatic rings. The maximum Gasteiger partial charge on any atom is 0.322 e. The summed E-state index contributed by atoms with van der Waals surface area (Å²) in [5.41, 5.74) is 0.419. The molecule has 0 saturated heterocycles. The molecule has 1 amide bonds. The number of ether oxygens (including phenoxy) is 2. The molecule has 0 bridgehead atoms. The Morgan fingerprint density at radius 2 is 1.92 bits per heavy atom. The molecule has 0 radical (unpaired) electrons. The maximum absolute atomic E-state index is 12.3. The summed E-state index contributed by atoms with van der Waals surface area (Å²) in [5.74, 6) is 1.77. The number of amides is 1. The van der Waals surface area contributed by atoms with Gasteiger partial charge in [-0.05, 0) is 30.3 Å². The molecule has 1 aromatic heterocycles. The van der Waals surface area contributed by atoms with Crippen LogP contribution in [0.2, 0.25) is 0 Å². The molecule has 4 rings (SSSR count). The van der Waals surface area contributed by atoms with E-state index in [0.717, 1.165) is 4.90 Å². The molecule has 0 spiro atoms. The third kappa shape index (κ3) is 3.58. The summed E-state index contributed by atoms with van der Waals surface area (Å²) < 4.78 is 15.9. The summed E-state index contributed by atoms with van der Waals surface area (Å²) in [6, 6.07) is 14.9. The Morgan fingerprint density at radius 1 is 1.08 bits per heavy atom. The lowest BCUT2D eigenvalue weighted by atomic mass is 10.2. The Kier molecular flexibility index (Phi) is 4.26. The number of nitrogens with one attached hydrogen (secondary N) is 1. The van der Waals surface area contributed by atoms with E-state index < -0.39 is 0 Å². The van der Waals surface area contributed by atoms with E-state index in [9.17, 15) is 4.79 Å². The molecule has 0 saturated carbocycles. The molecular formula is C17H13N3O4S. The topological polar surface area (TPSA) is 86.5 Å². The lowest BCUT2D eigenvalue weighted by Gasteiger charge is -2.02. The second-order valence-corrected chi connectivity index (χ2v) is 6.17. The van der Waals surface area contributed by atoms with Crippen LogP contribution in [0.15, 0.2) is 57.8 Å². The fraction of sp³-hybridized carbons (Fsp3) is 0.118. The van der Waals surface area contributed by atoms with Crippen molar-refractivity contribution < 1.29 is 18.7 Å². The summed E-state index contributed by atoms with van der Waals surface area (Å²) in [5, 5.41) is 10.4. The van der Waals surface area contributed by atoms with Crippen molar-refractivity contribution in [2.45, 2.75) is 10.6 Å². The van der Waals surface area contributed by atoms with Gasteiger partial charge in [-0.15, -0.1) is 16.9 Å². The first-order valence-electron chi connectivity index (χ1n) is 7.49. The molecule has 2 aromatic carbocycles. The molecule has 1 aliphatic heterocycles. The number of fused-ring (bicyclic) bond motifs is 1. The normalized spacial score (nSPS) is 12.2. The first kappa shape index (κ1) is 15.5. The molecule has 7 nitrogen and oxygen atoms in total. The SMILES string of the molecule is O=C(Nc1nnc(CSc2ccccc2)o1)c1ccc2c(c1)OCO2. The number of thioether (sulfide) groups is 1. The highest BCUT2D eigenvalue weighted by Crippen LogP contribution is 2.32. The summed E-state index contributed by atoms with van der Waals surface area (Å²) in [4.78, 5) is 13.4. The predicted octanol–water partition coefficient (Wildman–Crippen LogP) is 3.34. The fourth-order valence-corrected chi connectivity index (χ4v) is 2.99. The van der Waals surface area contributed by atoms with Crippen LogP contribution >= 0.6 is 11.8 Å². The standard InChI is InChI=1S/C17H13N3O4S/c21-16(11-6-7-13-14(8-11)23-10-22-13)18-17-20-19-15(24-17)9-25-12-4-2-1-3-5-12/h1-8H,9-10H2,(H,18,20,21). The highest BCUT2D eigenvalue weighted by atomic mass is 32.2. The van der Waals surface area contributed by atoms with Crippen LogP contribution in [0.25, 0.3) is 0 Å². The number of benzene rings is 2. The van der Waals surface area contributed by atoms with Crippen molar-refractivity contribution in [1.82, 2.24) is 10.2 Å². The summed E-state index contributed by atoms with van der Waals surface area (Å²) in [7, 11) is 0. The molecule has 0 aliphatic carbocycles. The second kappa shape index (κ2) is 6.86. The Hall–Kier alpha value is -3.00. The van der Waals surface area contributed by atoms with Gasteiger partial charge in [-0.1, -0.05) is 23.3 Å². The number of hydrogen-bond donors (Lipinski definition) is 1. The third-order valence-electron chi connectivity index (χ3n) is 3.43. The average Bonchev–Trinajstić information content (AvgIpc) is 3.29. The smallest absolute Gasteiger partial charge is 0.322 e. The number of anilines is 1. The number of carbonyl (C=O) groups is 1. The van der Waals surface area contributed by atoms with E-state index >= 15 is 0 Å².